The van der Waals surface area contributed by atoms with E-state index in [1.54, 1.807) is 6.20 Å². The van der Waals surface area contributed by atoms with Crippen LogP contribution in [0.15, 0.2) is 42.7 Å². The molecule has 2 aromatic heterocycles. The normalized spacial score (nSPS) is 12.4. The van der Waals surface area contributed by atoms with E-state index in [0.29, 0.717) is 0 Å². The molecular weight excluding hydrogens is 198 g/mol. The van der Waals surface area contributed by atoms with Crippen molar-refractivity contribution in [1.29, 1.82) is 0 Å². The molecule has 82 valence electrons. The Balaban J connectivity index is 2.37. The number of nitrogens with one attached hydrogen (secondary N) is 1. The van der Waals surface area contributed by atoms with E-state index in [1.807, 2.05) is 44.4 Å². The van der Waals surface area contributed by atoms with Gasteiger partial charge in [0, 0.05) is 18.1 Å². The van der Waals surface area contributed by atoms with Gasteiger partial charge in [-0.05, 0) is 37.7 Å². The van der Waals surface area contributed by atoms with Crippen molar-refractivity contribution in [3.8, 4) is 0 Å². The van der Waals surface area contributed by atoms with Gasteiger partial charge in [-0.25, -0.2) is 0 Å². The van der Waals surface area contributed by atoms with Crippen LogP contribution in [0.25, 0.3) is 0 Å². The van der Waals surface area contributed by atoms with Crippen LogP contribution in [-0.4, -0.2) is 17.0 Å². The summed E-state index contributed by atoms with van der Waals surface area (Å²) in [5, 5.41) is 3.26. The molecule has 1 N–H and O–H groups in total. The molecule has 3 nitrogen and oxygen atoms in total. The lowest BCUT2D eigenvalue weighted by Crippen LogP contribution is -2.19. The molecule has 1 unspecified atom stereocenters. The van der Waals surface area contributed by atoms with Gasteiger partial charge in [0.15, 0.2) is 0 Å². The maximum absolute atomic E-state index is 4.53. The minimum Gasteiger partial charge on any atom is -0.308 e. The minimum absolute atomic E-state index is 0.105. The lowest BCUT2D eigenvalue weighted by atomic mass is 10.1. The van der Waals surface area contributed by atoms with E-state index in [0.717, 1.165) is 17.0 Å². The third kappa shape index (κ3) is 2.25. The molecule has 0 aromatic carbocycles. The molecular formula is C13H15N3. The van der Waals surface area contributed by atoms with Gasteiger partial charge in [-0.1, -0.05) is 12.1 Å². The number of pyridine rings is 2. The Kier molecular flexibility index (Phi) is 3.27. The molecule has 0 bridgehead atoms. The van der Waals surface area contributed by atoms with E-state index in [-0.39, 0.29) is 6.04 Å². The smallest absolute Gasteiger partial charge is 0.0764 e. The molecule has 2 heterocycles. The molecule has 0 aliphatic rings. The number of nitrogens with zero attached hydrogens (tertiary/aromatic N) is 2. The molecule has 3 heteroatoms. The van der Waals surface area contributed by atoms with Gasteiger partial charge >= 0.3 is 0 Å². The maximum Gasteiger partial charge on any atom is 0.0764 e. The van der Waals surface area contributed by atoms with E-state index >= 15 is 0 Å². The fourth-order valence-corrected chi connectivity index (χ4v) is 1.76. The third-order valence-corrected chi connectivity index (χ3v) is 2.51. The van der Waals surface area contributed by atoms with Crippen LogP contribution in [0.3, 0.4) is 0 Å². The summed E-state index contributed by atoms with van der Waals surface area (Å²) in [6, 6.07) is 10.2. The molecule has 16 heavy (non-hydrogen) atoms. The molecule has 0 spiro atoms. The first-order valence-corrected chi connectivity index (χ1v) is 5.32. The Morgan fingerprint density at radius 3 is 2.69 bits per heavy atom. The summed E-state index contributed by atoms with van der Waals surface area (Å²) in [5.41, 5.74) is 3.18. The molecule has 0 radical (unpaired) electrons. The van der Waals surface area contributed by atoms with Crippen molar-refractivity contribution >= 4 is 0 Å². The molecule has 0 fully saturated rings. The fraction of sp³-hybridized carbons (Fsp3) is 0.231. The Bertz CT molecular complexity index is 454. The summed E-state index contributed by atoms with van der Waals surface area (Å²) in [4.78, 5) is 8.66. The van der Waals surface area contributed by atoms with Crippen LogP contribution in [0.4, 0.5) is 0 Å². The van der Waals surface area contributed by atoms with Crippen molar-refractivity contribution in [2.75, 3.05) is 7.05 Å². The zero-order chi connectivity index (χ0) is 11.4. The second-order valence-corrected chi connectivity index (χ2v) is 3.71. The number of hydrogen-bond donors (Lipinski definition) is 1. The summed E-state index contributed by atoms with van der Waals surface area (Å²) >= 11 is 0. The molecule has 2 rings (SSSR count). The lowest BCUT2D eigenvalue weighted by Gasteiger charge is -2.15. The van der Waals surface area contributed by atoms with Crippen LogP contribution in [0.2, 0.25) is 0 Å². The second kappa shape index (κ2) is 4.86. The summed E-state index contributed by atoms with van der Waals surface area (Å²) in [6.07, 6.45) is 3.64. The Hall–Kier alpha value is -1.74. The topological polar surface area (TPSA) is 37.8 Å². The third-order valence-electron chi connectivity index (χ3n) is 2.51. The Labute approximate surface area is 95.6 Å². The quantitative estimate of drug-likeness (QED) is 0.848. The zero-order valence-electron chi connectivity index (χ0n) is 9.51. The average molecular weight is 213 g/mol. The number of rotatable bonds is 3. The molecule has 0 amide bonds. The first kappa shape index (κ1) is 10.8. The average Bonchev–Trinajstić information content (AvgIpc) is 2.31. The molecule has 0 saturated carbocycles. The van der Waals surface area contributed by atoms with E-state index in [9.17, 15) is 0 Å². The molecule has 0 saturated heterocycles. The highest BCUT2D eigenvalue weighted by atomic mass is 14.9. The minimum atomic E-state index is 0.105. The Morgan fingerprint density at radius 2 is 2.06 bits per heavy atom. The van der Waals surface area contributed by atoms with Gasteiger partial charge in [0.05, 0.1) is 11.7 Å². The summed E-state index contributed by atoms with van der Waals surface area (Å²) in [6.45, 7) is 2.00. The first-order chi connectivity index (χ1) is 7.81. The fourth-order valence-electron chi connectivity index (χ4n) is 1.76. The van der Waals surface area contributed by atoms with Crippen LogP contribution >= 0.6 is 0 Å². The lowest BCUT2D eigenvalue weighted by molar-refractivity contribution is 0.666. The maximum atomic E-state index is 4.53. The van der Waals surface area contributed by atoms with Crippen molar-refractivity contribution in [2.24, 2.45) is 0 Å². The van der Waals surface area contributed by atoms with Crippen LogP contribution < -0.4 is 5.32 Å². The van der Waals surface area contributed by atoms with Gasteiger partial charge in [-0.3, -0.25) is 9.97 Å². The van der Waals surface area contributed by atoms with Crippen molar-refractivity contribution < 1.29 is 0 Å². The predicted molar refractivity (Wildman–Crippen MR) is 64.1 cm³/mol. The molecule has 0 aliphatic carbocycles. The second-order valence-electron chi connectivity index (χ2n) is 3.71. The van der Waals surface area contributed by atoms with Gasteiger partial charge in [-0.2, -0.15) is 0 Å². The highest BCUT2D eigenvalue weighted by molar-refractivity contribution is 5.25. The molecule has 2 aromatic rings. The van der Waals surface area contributed by atoms with Gasteiger partial charge in [-0.15, -0.1) is 0 Å². The van der Waals surface area contributed by atoms with E-state index in [2.05, 4.69) is 21.4 Å². The highest BCUT2D eigenvalue weighted by Gasteiger charge is 2.12. The van der Waals surface area contributed by atoms with Gasteiger partial charge < -0.3 is 5.32 Å². The molecule has 1 atom stereocenters. The predicted octanol–water partition coefficient (Wildman–Crippen LogP) is 2.09. The largest absolute Gasteiger partial charge is 0.308 e. The number of aryl methyl sites for hydroxylation is 1. The number of aromatic nitrogens is 2. The zero-order valence-corrected chi connectivity index (χ0v) is 9.51. The summed E-state index contributed by atoms with van der Waals surface area (Å²) in [5.74, 6) is 0. The standard InChI is InChI=1S/C13H15N3/c1-10-5-3-7-12(16-10)13(14-2)11-6-4-8-15-9-11/h3-9,13-14H,1-2H3. The monoisotopic (exact) mass is 213 g/mol. The van der Waals surface area contributed by atoms with Crippen molar-refractivity contribution in [2.45, 2.75) is 13.0 Å². The van der Waals surface area contributed by atoms with Crippen LogP contribution in [-0.2, 0) is 0 Å². The Morgan fingerprint density at radius 1 is 1.19 bits per heavy atom. The van der Waals surface area contributed by atoms with Crippen molar-refractivity contribution in [3.05, 3.63) is 59.7 Å². The van der Waals surface area contributed by atoms with Crippen molar-refractivity contribution in [3.63, 3.8) is 0 Å². The SMILES string of the molecule is CNC(c1cccnc1)c1cccc(C)n1. The van der Waals surface area contributed by atoms with E-state index in [1.165, 1.54) is 0 Å². The molecule has 0 aliphatic heterocycles. The number of hydrogen-bond acceptors (Lipinski definition) is 3. The van der Waals surface area contributed by atoms with Gasteiger partial charge in [0.1, 0.15) is 0 Å². The van der Waals surface area contributed by atoms with E-state index < -0.39 is 0 Å². The van der Waals surface area contributed by atoms with Crippen LogP contribution in [0.1, 0.15) is 23.0 Å². The van der Waals surface area contributed by atoms with Gasteiger partial charge in [0.25, 0.3) is 0 Å². The highest BCUT2D eigenvalue weighted by Crippen LogP contribution is 2.18. The van der Waals surface area contributed by atoms with E-state index in [4.69, 9.17) is 0 Å². The summed E-state index contributed by atoms with van der Waals surface area (Å²) < 4.78 is 0. The van der Waals surface area contributed by atoms with Crippen LogP contribution in [0, 0.1) is 6.92 Å². The van der Waals surface area contributed by atoms with Crippen LogP contribution in [0.5, 0.6) is 0 Å². The van der Waals surface area contributed by atoms with Gasteiger partial charge in [0.2, 0.25) is 0 Å². The summed E-state index contributed by atoms with van der Waals surface area (Å²) in [7, 11) is 1.93. The van der Waals surface area contributed by atoms with Crippen molar-refractivity contribution in [1.82, 2.24) is 15.3 Å². The first-order valence-electron chi connectivity index (χ1n) is 5.32.